The number of carbonyl (C=O) groups is 2. The number of carboxylic acid groups (broad SMARTS) is 1. The number of aliphatic hydroxyl groups is 1. The third kappa shape index (κ3) is 7.55. The Balaban J connectivity index is 4.60. The van der Waals surface area contributed by atoms with Crippen molar-refractivity contribution in [2.45, 2.75) is 32.7 Å². The Kier molecular flexibility index (Phi) is 7.97. The second-order valence-electron chi connectivity index (χ2n) is 4.46. The van der Waals surface area contributed by atoms with E-state index in [9.17, 15) is 18.4 Å². The molecule has 3 N–H and O–H groups in total. The van der Waals surface area contributed by atoms with Crippen LogP contribution in [-0.4, -0.2) is 59.3 Å². The number of nitrogens with one attached hydrogen (secondary N) is 1. The Morgan fingerprint density at radius 1 is 1.32 bits per heavy atom. The molecule has 0 bridgehead atoms. The Labute approximate surface area is 110 Å². The fourth-order valence-corrected chi connectivity index (χ4v) is 1.45. The van der Waals surface area contributed by atoms with Crippen molar-refractivity contribution in [2.24, 2.45) is 5.92 Å². The van der Waals surface area contributed by atoms with Crippen LogP contribution in [0.5, 0.6) is 0 Å². The van der Waals surface area contributed by atoms with Gasteiger partial charge in [0.1, 0.15) is 0 Å². The SMILES string of the molecule is CC(C)C(CC(=O)O)NC(=O)N(CCO)CC(F)F. The monoisotopic (exact) mass is 282 g/mol. The lowest BCUT2D eigenvalue weighted by atomic mass is 10.0. The molecule has 0 aliphatic carbocycles. The van der Waals surface area contributed by atoms with Gasteiger partial charge in [0.2, 0.25) is 0 Å². The number of hydrogen-bond acceptors (Lipinski definition) is 3. The van der Waals surface area contributed by atoms with Crippen LogP contribution in [0.15, 0.2) is 0 Å². The van der Waals surface area contributed by atoms with Crippen molar-refractivity contribution in [2.75, 3.05) is 19.7 Å². The molecule has 0 fully saturated rings. The highest BCUT2D eigenvalue weighted by Crippen LogP contribution is 2.08. The van der Waals surface area contributed by atoms with Crippen molar-refractivity contribution in [3.05, 3.63) is 0 Å². The number of alkyl halides is 2. The fraction of sp³-hybridized carbons (Fsp3) is 0.818. The predicted molar refractivity (Wildman–Crippen MR) is 64.1 cm³/mol. The van der Waals surface area contributed by atoms with E-state index in [1.807, 2.05) is 0 Å². The van der Waals surface area contributed by atoms with E-state index in [4.69, 9.17) is 10.2 Å². The molecule has 0 aromatic rings. The Hall–Kier alpha value is -1.44. The molecule has 0 spiro atoms. The summed E-state index contributed by atoms with van der Waals surface area (Å²) in [5.74, 6) is -1.23. The zero-order valence-corrected chi connectivity index (χ0v) is 11.0. The average molecular weight is 282 g/mol. The molecular weight excluding hydrogens is 262 g/mol. The summed E-state index contributed by atoms with van der Waals surface area (Å²) in [4.78, 5) is 23.2. The number of nitrogens with zero attached hydrogens (tertiary/aromatic N) is 1. The quantitative estimate of drug-likeness (QED) is 0.613. The van der Waals surface area contributed by atoms with Crippen LogP contribution in [0.3, 0.4) is 0 Å². The molecule has 0 rings (SSSR count). The minimum Gasteiger partial charge on any atom is -0.481 e. The summed E-state index contributed by atoms with van der Waals surface area (Å²) in [5.41, 5.74) is 0. The van der Waals surface area contributed by atoms with Crippen LogP contribution < -0.4 is 5.32 Å². The molecule has 8 heteroatoms. The van der Waals surface area contributed by atoms with Gasteiger partial charge < -0.3 is 20.4 Å². The van der Waals surface area contributed by atoms with Crippen molar-refractivity contribution >= 4 is 12.0 Å². The number of amides is 2. The number of carboxylic acids is 1. The molecule has 0 saturated heterocycles. The molecular formula is C11H20F2N2O4. The molecule has 0 aliphatic rings. The number of halogens is 2. The Morgan fingerprint density at radius 3 is 2.26 bits per heavy atom. The maximum atomic E-state index is 12.3. The van der Waals surface area contributed by atoms with Crippen LogP contribution in [0.4, 0.5) is 13.6 Å². The van der Waals surface area contributed by atoms with E-state index in [-0.39, 0.29) is 18.9 Å². The molecule has 112 valence electrons. The van der Waals surface area contributed by atoms with Gasteiger partial charge in [0.15, 0.2) is 0 Å². The van der Waals surface area contributed by atoms with Crippen LogP contribution in [0.25, 0.3) is 0 Å². The number of urea groups is 1. The van der Waals surface area contributed by atoms with E-state index < -0.39 is 37.6 Å². The first-order chi connectivity index (χ1) is 8.77. The van der Waals surface area contributed by atoms with Gasteiger partial charge in [0, 0.05) is 12.6 Å². The summed E-state index contributed by atoms with van der Waals surface area (Å²) in [6, 6.07) is -1.45. The first-order valence-corrected chi connectivity index (χ1v) is 5.94. The van der Waals surface area contributed by atoms with Gasteiger partial charge in [-0.05, 0) is 5.92 Å². The Morgan fingerprint density at radius 2 is 1.89 bits per heavy atom. The van der Waals surface area contributed by atoms with E-state index in [1.54, 1.807) is 13.8 Å². The third-order valence-corrected chi connectivity index (χ3v) is 2.52. The standard InChI is InChI=1S/C11H20F2N2O4/c1-7(2)8(5-10(17)18)14-11(19)15(3-4-16)6-9(12)13/h7-9,16H,3-6H2,1-2H3,(H,14,19)(H,17,18). The largest absolute Gasteiger partial charge is 0.481 e. The molecule has 0 aromatic carbocycles. The lowest BCUT2D eigenvalue weighted by Crippen LogP contribution is -2.49. The van der Waals surface area contributed by atoms with E-state index in [0.29, 0.717) is 0 Å². The average Bonchev–Trinajstić information content (AvgIpc) is 2.26. The summed E-state index contributed by atoms with van der Waals surface area (Å²) < 4.78 is 24.6. The summed E-state index contributed by atoms with van der Waals surface area (Å²) in [5, 5.41) is 19.8. The summed E-state index contributed by atoms with van der Waals surface area (Å²) in [6.07, 6.45) is -3.00. The van der Waals surface area contributed by atoms with Gasteiger partial charge in [-0.3, -0.25) is 4.79 Å². The lowest BCUT2D eigenvalue weighted by Gasteiger charge is -2.27. The van der Waals surface area contributed by atoms with Crippen LogP contribution in [0.2, 0.25) is 0 Å². The highest BCUT2D eigenvalue weighted by Gasteiger charge is 2.23. The maximum Gasteiger partial charge on any atom is 0.317 e. The van der Waals surface area contributed by atoms with Gasteiger partial charge in [-0.15, -0.1) is 0 Å². The van der Waals surface area contributed by atoms with E-state index >= 15 is 0 Å². The molecule has 6 nitrogen and oxygen atoms in total. The number of rotatable bonds is 8. The number of carbonyl (C=O) groups excluding carboxylic acids is 1. The molecule has 0 saturated carbocycles. The number of hydrogen-bond donors (Lipinski definition) is 3. The smallest absolute Gasteiger partial charge is 0.317 e. The lowest BCUT2D eigenvalue weighted by molar-refractivity contribution is -0.137. The summed E-state index contributed by atoms with van der Waals surface area (Å²) >= 11 is 0. The van der Waals surface area contributed by atoms with E-state index in [1.165, 1.54) is 0 Å². The first-order valence-electron chi connectivity index (χ1n) is 5.94. The van der Waals surface area contributed by atoms with Crippen molar-refractivity contribution in [1.29, 1.82) is 0 Å². The van der Waals surface area contributed by atoms with Crippen LogP contribution >= 0.6 is 0 Å². The van der Waals surface area contributed by atoms with Gasteiger partial charge in [0.25, 0.3) is 6.43 Å². The number of aliphatic hydroxyl groups excluding tert-OH is 1. The van der Waals surface area contributed by atoms with Crippen LogP contribution in [0.1, 0.15) is 20.3 Å². The molecule has 0 aliphatic heterocycles. The normalized spacial score (nSPS) is 12.6. The highest BCUT2D eigenvalue weighted by molar-refractivity contribution is 5.76. The first kappa shape index (κ1) is 17.6. The van der Waals surface area contributed by atoms with E-state index in [0.717, 1.165) is 4.90 Å². The topological polar surface area (TPSA) is 89.9 Å². The summed E-state index contributed by atoms with van der Waals surface area (Å²) in [7, 11) is 0. The molecule has 1 unspecified atom stereocenters. The van der Waals surface area contributed by atoms with Crippen LogP contribution in [0, 0.1) is 5.92 Å². The third-order valence-electron chi connectivity index (χ3n) is 2.52. The van der Waals surface area contributed by atoms with Crippen molar-refractivity contribution < 1.29 is 28.6 Å². The second-order valence-corrected chi connectivity index (χ2v) is 4.46. The molecule has 0 radical (unpaired) electrons. The zero-order valence-electron chi connectivity index (χ0n) is 11.0. The van der Waals surface area contributed by atoms with Gasteiger partial charge in [-0.25, -0.2) is 13.6 Å². The molecule has 0 aromatic heterocycles. The van der Waals surface area contributed by atoms with Crippen molar-refractivity contribution in [1.82, 2.24) is 10.2 Å². The maximum absolute atomic E-state index is 12.3. The number of aliphatic carboxylic acids is 1. The zero-order chi connectivity index (χ0) is 15.0. The minimum absolute atomic E-state index is 0.150. The van der Waals surface area contributed by atoms with Crippen molar-refractivity contribution in [3.8, 4) is 0 Å². The van der Waals surface area contributed by atoms with Crippen LogP contribution in [-0.2, 0) is 4.79 Å². The van der Waals surface area contributed by atoms with E-state index in [2.05, 4.69) is 5.32 Å². The van der Waals surface area contributed by atoms with Gasteiger partial charge in [0.05, 0.1) is 19.6 Å². The predicted octanol–water partition coefficient (Wildman–Crippen LogP) is 0.755. The Bertz CT molecular complexity index is 300. The molecule has 0 heterocycles. The van der Waals surface area contributed by atoms with Gasteiger partial charge >= 0.3 is 12.0 Å². The van der Waals surface area contributed by atoms with Gasteiger partial charge in [-0.1, -0.05) is 13.8 Å². The minimum atomic E-state index is -2.71. The fourth-order valence-electron chi connectivity index (χ4n) is 1.45. The second kappa shape index (κ2) is 8.63. The summed E-state index contributed by atoms with van der Waals surface area (Å²) in [6.45, 7) is 1.97. The molecule has 1 atom stereocenters. The molecule has 19 heavy (non-hydrogen) atoms. The molecule has 2 amide bonds. The van der Waals surface area contributed by atoms with Crippen molar-refractivity contribution in [3.63, 3.8) is 0 Å². The highest BCUT2D eigenvalue weighted by atomic mass is 19.3. The van der Waals surface area contributed by atoms with Gasteiger partial charge in [-0.2, -0.15) is 0 Å².